The predicted molar refractivity (Wildman–Crippen MR) is 101 cm³/mol. The first-order chi connectivity index (χ1) is 12.2. The van der Waals surface area contributed by atoms with E-state index in [4.69, 9.17) is 4.84 Å². The summed E-state index contributed by atoms with van der Waals surface area (Å²) < 4.78 is 0. The zero-order chi connectivity index (χ0) is 17.6. The highest BCUT2D eigenvalue weighted by Gasteiger charge is 2.21. The lowest BCUT2D eigenvalue weighted by Gasteiger charge is -2.04. The zero-order valence-corrected chi connectivity index (χ0v) is 15.6. The quantitative estimate of drug-likeness (QED) is 0.481. The molecule has 0 aromatic carbocycles. The van der Waals surface area contributed by atoms with Crippen LogP contribution in [-0.2, 0) is 22.5 Å². The Hall–Kier alpha value is -2.17. The maximum absolute atomic E-state index is 12.1. The summed E-state index contributed by atoms with van der Waals surface area (Å²) in [6, 6.07) is 6.15. The summed E-state index contributed by atoms with van der Waals surface area (Å²) in [7, 11) is 0. The van der Waals surface area contributed by atoms with E-state index < -0.39 is 0 Å². The lowest BCUT2D eigenvalue weighted by molar-refractivity contribution is -0.120. The summed E-state index contributed by atoms with van der Waals surface area (Å²) in [6.45, 7) is 1.67. The number of nitrogens with one attached hydrogen (secondary N) is 1. The minimum absolute atomic E-state index is 0.170. The van der Waals surface area contributed by atoms with Crippen LogP contribution in [0.3, 0.4) is 0 Å². The number of thiophene rings is 2. The number of nitrogens with zero attached hydrogens (tertiary/aromatic N) is 2. The van der Waals surface area contributed by atoms with Crippen molar-refractivity contribution in [1.29, 1.82) is 5.26 Å². The van der Waals surface area contributed by atoms with Crippen molar-refractivity contribution in [3.63, 3.8) is 0 Å². The fraction of sp³-hybridized carbons (Fsp3) is 0.389. The first-order valence-corrected chi connectivity index (χ1v) is 9.93. The number of amides is 1. The van der Waals surface area contributed by atoms with Gasteiger partial charge in [-0.1, -0.05) is 17.6 Å². The summed E-state index contributed by atoms with van der Waals surface area (Å²) in [5, 5.41) is 18.9. The summed E-state index contributed by atoms with van der Waals surface area (Å²) in [5.41, 5.74) is 2.48. The van der Waals surface area contributed by atoms with Crippen molar-refractivity contribution in [2.24, 2.45) is 5.16 Å². The third kappa shape index (κ3) is 4.27. The van der Waals surface area contributed by atoms with Gasteiger partial charge in [-0.3, -0.25) is 4.79 Å². The summed E-state index contributed by atoms with van der Waals surface area (Å²) >= 11 is 3.09. The summed E-state index contributed by atoms with van der Waals surface area (Å²) in [4.78, 5) is 19.5. The highest BCUT2D eigenvalue weighted by molar-refractivity contribution is 7.16. The van der Waals surface area contributed by atoms with E-state index in [1.807, 2.05) is 24.4 Å². The van der Waals surface area contributed by atoms with Crippen LogP contribution in [0.25, 0.3) is 0 Å². The number of carbonyl (C=O) groups is 1. The van der Waals surface area contributed by atoms with Gasteiger partial charge < -0.3 is 10.2 Å². The van der Waals surface area contributed by atoms with Crippen LogP contribution in [0.4, 0.5) is 5.00 Å². The molecular formula is C18H19N3O2S2. The van der Waals surface area contributed by atoms with Crippen molar-refractivity contribution < 1.29 is 9.63 Å². The Morgan fingerprint density at radius 2 is 2.24 bits per heavy atom. The molecule has 0 spiro atoms. The van der Waals surface area contributed by atoms with Crippen LogP contribution in [0.1, 0.15) is 47.1 Å². The van der Waals surface area contributed by atoms with Crippen LogP contribution in [-0.4, -0.2) is 18.2 Å². The fourth-order valence-electron chi connectivity index (χ4n) is 2.83. The van der Waals surface area contributed by atoms with E-state index in [1.165, 1.54) is 22.6 Å². The van der Waals surface area contributed by atoms with E-state index in [-0.39, 0.29) is 12.5 Å². The summed E-state index contributed by atoms with van der Waals surface area (Å²) in [6.07, 6.45) is 5.36. The molecule has 5 nitrogen and oxygen atoms in total. The molecule has 0 atom stereocenters. The molecule has 130 valence electrons. The average Bonchev–Trinajstić information content (AvgIpc) is 3.18. The second-order valence-electron chi connectivity index (χ2n) is 5.86. The minimum atomic E-state index is -0.296. The van der Waals surface area contributed by atoms with Crippen LogP contribution >= 0.6 is 22.7 Å². The molecule has 1 aliphatic carbocycles. The van der Waals surface area contributed by atoms with E-state index in [0.717, 1.165) is 41.8 Å². The van der Waals surface area contributed by atoms with Gasteiger partial charge in [-0.25, -0.2) is 0 Å². The largest absolute Gasteiger partial charge is 0.385 e. The molecule has 3 rings (SSSR count). The van der Waals surface area contributed by atoms with Gasteiger partial charge in [0, 0.05) is 4.88 Å². The zero-order valence-electron chi connectivity index (χ0n) is 14.0. The number of carbonyl (C=O) groups excluding carboxylic acids is 1. The van der Waals surface area contributed by atoms with Gasteiger partial charge in [-0.15, -0.1) is 22.7 Å². The molecule has 0 unspecified atom stereocenters. The number of hydrogen-bond acceptors (Lipinski definition) is 6. The molecule has 0 aliphatic heterocycles. The monoisotopic (exact) mass is 373 g/mol. The van der Waals surface area contributed by atoms with Gasteiger partial charge in [0.25, 0.3) is 5.91 Å². The molecule has 25 heavy (non-hydrogen) atoms. The fourth-order valence-corrected chi connectivity index (χ4v) is 4.75. The van der Waals surface area contributed by atoms with E-state index in [2.05, 4.69) is 16.5 Å². The number of nitriles is 1. The van der Waals surface area contributed by atoms with Gasteiger partial charge in [0.15, 0.2) is 6.61 Å². The normalized spacial score (nSPS) is 14.3. The third-order valence-corrected chi connectivity index (χ3v) is 6.25. The Balaban J connectivity index is 1.62. The van der Waals surface area contributed by atoms with Crippen molar-refractivity contribution in [2.45, 2.75) is 39.0 Å². The molecule has 0 saturated heterocycles. The molecule has 1 N–H and O–H groups in total. The number of fused-ring (bicyclic) bond motifs is 1. The molecule has 2 aromatic heterocycles. The summed E-state index contributed by atoms with van der Waals surface area (Å²) in [5.74, 6) is -0.296. The van der Waals surface area contributed by atoms with Gasteiger partial charge in [0.2, 0.25) is 0 Å². The highest BCUT2D eigenvalue weighted by Crippen LogP contribution is 2.36. The van der Waals surface area contributed by atoms with Crippen molar-refractivity contribution in [3.05, 3.63) is 38.4 Å². The topological polar surface area (TPSA) is 74.5 Å². The molecule has 7 heteroatoms. The van der Waals surface area contributed by atoms with Gasteiger partial charge >= 0.3 is 0 Å². The van der Waals surface area contributed by atoms with Crippen molar-refractivity contribution in [2.75, 3.05) is 11.9 Å². The van der Waals surface area contributed by atoms with Crippen LogP contribution in [0.2, 0.25) is 0 Å². The van der Waals surface area contributed by atoms with E-state index in [0.29, 0.717) is 10.6 Å². The molecule has 0 bridgehead atoms. The van der Waals surface area contributed by atoms with Crippen molar-refractivity contribution in [1.82, 2.24) is 0 Å². The predicted octanol–water partition coefficient (Wildman–Crippen LogP) is 4.33. The first-order valence-electron chi connectivity index (χ1n) is 8.24. The highest BCUT2D eigenvalue weighted by atomic mass is 32.1. The van der Waals surface area contributed by atoms with Crippen LogP contribution in [0, 0.1) is 11.3 Å². The van der Waals surface area contributed by atoms with Crippen molar-refractivity contribution in [3.8, 4) is 6.07 Å². The standard InChI is InChI=1S/C18H19N3O2S2/c1-12(15-8-5-9-24-15)21-23-11-17(22)20-18-14(10-19)13-6-3-2-4-7-16(13)25-18/h5,8-9H,2-4,6-7,11H2,1H3,(H,20,22)/b21-12+. The second-order valence-corrected chi connectivity index (χ2v) is 7.91. The number of anilines is 1. The maximum atomic E-state index is 12.1. The van der Waals surface area contributed by atoms with Crippen molar-refractivity contribution >= 4 is 39.3 Å². The van der Waals surface area contributed by atoms with Gasteiger partial charge in [-0.05, 0) is 49.6 Å². The van der Waals surface area contributed by atoms with Crippen LogP contribution < -0.4 is 5.32 Å². The molecule has 1 aliphatic rings. The maximum Gasteiger partial charge on any atom is 0.265 e. The van der Waals surface area contributed by atoms with Crippen LogP contribution in [0.5, 0.6) is 0 Å². The van der Waals surface area contributed by atoms with Crippen LogP contribution in [0.15, 0.2) is 22.7 Å². The number of rotatable bonds is 5. The Labute approximate surface area is 154 Å². The van der Waals surface area contributed by atoms with E-state index in [9.17, 15) is 10.1 Å². The van der Waals surface area contributed by atoms with Gasteiger partial charge in [0.1, 0.15) is 11.1 Å². The molecule has 1 amide bonds. The number of oxime groups is 1. The van der Waals surface area contributed by atoms with Gasteiger partial charge in [-0.2, -0.15) is 5.26 Å². The average molecular weight is 374 g/mol. The lowest BCUT2D eigenvalue weighted by Crippen LogP contribution is -2.17. The Kier molecular flexibility index (Phi) is 5.84. The SMILES string of the molecule is C/C(=N\OCC(=O)Nc1sc2c(c1C#N)CCCCC2)c1cccs1. The molecule has 2 heterocycles. The molecular weight excluding hydrogens is 354 g/mol. The minimum Gasteiger partial charge on any atom is -0.385 e. The smallest absolute Gasteiger partial charge is 0.265 e. The lowest BCUT2D eigenvalue weighted by atomic mass is 10.1. The molecule has 0 radical (unpaired) electrons. The molecule has 0 saturated carbocycles. The van der Waals surface area contributed by atoms with E-state index in [1.54, 1.807) is 11.3 Å². The molecule has 0 fully saturated rings. The Morgan fingerprint density at radius 1 is 1.40 bits per heavy atom. The number of aryl methyl sites for hydroxylation is 1. The van der Waals surface area contributed by atoms with E-state index >= 15 is 0 Å². The Bertz CT molecular complexity index is 816. The second kappa shape index (κ2) is 8.28. The Morgan fingerprint density at radius 3 is 3.00 bits per heavy atom. The molecule has 2 aromatic rings. The van der Waals surface area contributed by atoms with Gasteiger partial charge in [0.05, 0.1) is 16.2 Å². The first kappa shape index (κ1) is 17.6. The third-order valence-electron chi connectivity index (χ3n) is 4.06. The number of hydrogen-bond donors (Lipinski definition) is 1.